The van der Waals surface area contributed by atoms with Gasteiger partial charge in [-0.25, -0.2) is 9.97 Å². The molecule has 5 heteroatoms. The Morgan fingerprint density at radius 1 is 1.39 bits per heavy atom. The number of nitrogens with zero attached hydrogens (tertiary/aromatic N) is 2. The Kier molecular flexibility index (Phi) is 3.94. The number of ketones is 1. The monoisotopic (exact) mass is 260 g/mol. The molecule has 2 aromatic rings. The summed E-state index contributed by atoms with van der Waals surface area (Å²) in [4.78, 5) is 20.3. The van der Waals surface area contributed by atoms with Crippen LogP contribution in [-0.4, -0.2) is 27.1 Å². The highest BCUT2D eigenvalue weighted by Crippen LogP contribution is 2.14. The molecule has 18 heavy (non-hydrogen) atoms. The van der Waals surface area contributed by atoms with E-state index in [1.165, 1.54) is 23.9 Å². The molecule has 0 bridgehead atoms. The standard InChI is InChI=1S/C13H12N2O2S/c1-18-13-14-6-5-10(15-13)8-12(17)9-3-2-4-11(16)7-9/h2-7,16H,8H2,1H3. The molecule has 92 valence electrons. The highest BCUT2D eigenvalue weighted by Gasteiger charge is 2.09. The summed E-state index contributed by atoms with van der Waals surface area (Å²) < 4.78 is 0. The van der Waals surface area contributed by atoms with Crippen molar-refractivity contribution in [2.75, 3.05) is 6.26 Å². The lowest BCUT2D eigenvalue weighted by molar-refractivity contribution is 0.0991. The highest BCUT2D eigenvalue weighted by molar-refractivity contribution is 7.98. The number of carbonyl (C=O) groups excluding carboxylic acids is 1. The fourth-order valence-electron chi connectivity index (χ4n) is 1.52. The molecule has 1 N–H and O–H groups in total. The fraction of sp³-hybridized carbons (Fsp3) is 0.154. The molecule has 0 radical (unpaired) electrons. The number of carbonyl (C=O) groups is 1. The van der Waals surface area contributed by atoms with Gasteiger partial charge in [0.05, 0.1) is 12.1 Å². The summed E-state index contributed by atoms with van der Waals surface area (Å²) in [5.41, 5.74) is 1.17. The van der Waals surface area contributed by atoms with E-state index in [9.17, 15) is 9.90 Å². The van der Waals surface area contributed by atoms with Crippen molar-refractivity contribution in [2.24, 2.45) is 0 Å². The van der Waals surface area contributed by atoms with Gasteiger partial charge in [-0.2, -0.15) is 0 Å². The number of thioether (sulfide) groups is 1. The van der Waals surface area contributed by atoms with E-state index in [4.69, 9.17) is 0 Å². The van der Waals surface area contributed by atoms with Gasteiger partial charge in [0, 0.05) is 11.8 Å². The van der Waals surface area contributed by atoms with E-state index >= 15 is 0 Å². The van der Waals surface area contributed by atoms with Crippen LogP contribution in [0.25, 0.3) is 0 Å². The van der Waals surface area contributed by atoms with Crippen LogP contribution in [0.4, 0.5) is 0 Å². The second kappa shape index (κ2) is 5.64. The smallest absolute Gasteiger partial charge is 0.187 e. The maximum atomic E-state index is 12.0. The van der Waals surface area contributed by atoms with Gasteiger partial charge < -0.3 is 5.11 Å². The van der Waals surface area contributed by atoms with Gasteiger partial charge in [-0.05, 0) is 24.5 Å². The molecular formula is C13H12N2O2S. The molecule has 1 aromatic heterocycles. The van der Waals surface area contributed by atoms with Crippen molar-refractivity contribution in [1.29, 1.82) is 0 Å². The van der Waals surface area contributed by atoms with Gasteiger partial charge in [0.1, 0.15) is 5.75 Å². The predicted octanol–water partition coefficient (Wildman–Crippen LogP) is 2.33. The minimum Gasteiger partial charge on any atom is -0.508 e. The number of hydrogen-bond donors (Lipinski definition) is 1. The largest absolute Gasteiger partial charge is 0.508 e. The van der Waals surface area contributed by atoms with Crippen LogP contribution in [0.3, 0.4) is 0 Å². The van der Waals surface area contributed by atoms with E-state index in [1.54, 1.807) is 24.4 Å². The van der Waals surface area contributed by atoms with Crippen molar-refractivity contribution in [3.05, 3.63) is 47.8 Å². The average molecular weight is 260 g/mol. The van der Waals surface area contributed by atoms with E-state index in [1.807, 2.05) is 6.26 Å². The Labute approximate surface area is 109 Å². The van der Waals surface area contributed by atoms with Crippen molar-refractivity contribution in [2.45, 2.75) is 11.6 Å². The number of rotatable bonds is 4. The number of Topliss-reactive ketones (excluding diaryl/α,β-unsaturated/α-hetero) is 1. The Hall–Kier alpha value is -1.88. The topological polar surface area (TPSA) is 63.1 Å². The highest BCUT2D eigenvalue weighted by atomic mass is 32.2. The van der Waals surface area contributed by atoms with Gasteiger partial charge in [0.2, 0.25) is 0 Å². The van der Waals surface area contributed by atoms with E-state index in [2.05, 4.69) is 9.97 Å². The number of hydrogen-bond acceptors (Lipinski definition) is 5. The third-order valence-electron chi connectivity index (χ3n) is 2.38. The van der Waals surface area contributed by atoms with Crippen LogP contribution >= 0.6 is 11.8 Å². The number of aromatic nitrogens is 2. The summed E-state index contributed by atoms with van der Waals surface area (Å²) >= 11 is 1.43. The molecule has 2 rings (SSSR count). The van der Waals surface area contributed by atoms with Gasteiger partial charge in [-0.15, -0.1) is 0 Å². The summed E-state index contributed by atoms with van der Waals surface area (Å²) in [5, 5.41) is 9.98. The molecule has 0 aliphatic carbocycles. The zero-order chi connectivity index (χ0) is 13.0. The molecule has 0 unspecified atom stereocenters. The minimum absolute atomic E-state index is 0.0725. The van der Waals surface area contributed by atoms with Crippen molar-refractivity contribution in [3.63, 3.8) is 0 Å². The van der Waals surface area contributed by atoms with Crippen molar-refractivity contribution < 1.29 is 9.90 Å². The molecule has 0 atom stereocenters. The number of aromatic hydroxyl groups is 1. The molecule has 4 nitrogen and oxygen atoms in total. The molecule has 1 heterocycles. The molecule has 0 amide bonds. The summed E-state index contributed by atoms with van der Waals surface area (Å²) in [7, 11) is 0. The third kappa shape index (κ3) is 3.07. The molecule has 0 spiro atoms. The number of benzene rings is 1. The van der Waals surface area contributed by atoms with Crippen LogP contribution in [0, 0.1) is 0 Å². The van der Waals surface area contributed by atoms with E-state index in [-0.39, 0.29) is 18.0 Å². The Morgan fingerprint density at radius 2 is 2.22 bits per heavy atom. The quantitative estimate of drug-likeness (QED) is 0.519. The zero-order valence-corrected chi connectivity index (χ0v) is 10.6. The minimum atomic E-state index is -0.0725. The molecule has 0 aliphatic rings. The van der Waals surface area contributed by atoms with Crippen LogP contribution in [-0.2, 0) is 6.42 Å². The van der Waals surface area contributed by atoms with Crippen LogP contribution < -0.4 is 0 Å². The first kappa shape index (κ1) is 12.6. The van der Waals surface area contributed by atoms with Crippen molar-refractivity contribution >= 4 is 17.5 Å². The summed E-state index contributed by atoms with van der Waals surface area (Å²) in [6.07, 6.45) is 3.74. The third-order valence-corrected chi connectivity index (χ3v) is 2.95. The van der Waals surface area contributed by atoms with Crippen LogP contribution in [0.2, 0.25) is 0 Å². The lowest BCUT2D eigenvalue weighted by Crippen LogP contribution is -2.05. The summed E-state index contributed by atoms with van der Waals surface area (Å²) in [5.74, 6) is 0.0185. The summed E-state index contributed by atoms with van der Waals surface area (Å²) in [6, 6.07) is 8.04. The van der Waals surface area contributed by atoms with Crippen LogP contribution in [0.1, 0.15) is 16.1 Å². The second-order valence-electron chi connectivity index (χ2n) is 3.68. The van der Waals surface area contributed by atoms with E-state index in [0.717, 1.165) is 0 Å². The second-order valence-corrected chi connectivity index (χ2v) is 4.46. The number of phenols is 1. The fourth-order valence-corrected chi connectivity index (χ4v) is 1.89. The van der Waals surface area contributed by atoms with Gasteiger partial charge in [-0.3, -0.25) is 4.79 Å². The molecule has 0 saturated carbocycles. The Morgan fingerprint density at radius 3 is 2.94 bits per heavy atom. The first-order chi connectivity index (χ1) is 8.69. The molecular weight excluding hydrogens is 248 g/mol. The molecule has 0 saturated heterocycles. The molecule has 0 aliphatic heterocycles. The molecule has 0 fully saturated rings. The molecule has 1 aromatic carbocycles. The maximum Gasteiger partial charge on any atom is 0.187 e. The van der Waals surface area contributed by atoms with Gasteiger partial charge in [0.15, 0.2) is 10.9 Å². The lowest BCUT2D eigenvalue weighted by atomic mass is 10.1. The Balaban J connectivity index is 2.16. The van der Waals surface area contributed by atoms with Crippen molar-refractivity contribution in [1.82, 2.24) is 9.97 Å². The van der Waals surface area contributed by atoms with Gasteiger partial charge >= 0.3 is 0 Å². The number of phenolic OH excluding ortho intramolecular Hbond substituents is 1. The zero-order valence-electron chi connectivity index (χ0n) is 9.83. The van der Waals surface area contributed by atoms with Crippen LogP contribution in [0.15, 0.2) is 41.7 Å². The van der Waals surface area contributed by atoms with Crippen LogP contribution in [0.5, 0.6) is 5.75 Å². The average Bonchev–Trinajstić information content (AvgIpc) is 2.39. The van der Waals surface area contributed by atoms with E-state index < -0.39 is 0 Å². The lowest BCUT2D eigenvalue weighted by Gasteiger charge is -2.02. The van der Waals surface area contributed by atoms with Crippen molar-refractivity contribution in [3.8, 4) is 5.75 Å². The first-order valence-electron chi connectivity index (χ1n) is 5.37. The summed E-state index contributed by atoms with van der Waals surface area (Å²) in [6.45, 7) is 0. The maximum absolute atomic E-state index is 12.0. The van der Waals surface area contributed by atoms with Gasteiger partial charge in [0.25, 0.3) is 0 Å². The SMILES string of the molecule is CSc1nccc(CC(=O)c2cccc(O)c2)n1. The predicted molar refractivity (Wildman–Crippen MR) is 70.0 cm³/mol. The van der Waals surface area contributed by atoms with Gasteiger partial charge in [-0.1, -0.05) is 23.9 Å². The normalized spacial score (nSPS) is 10.3. The first-order valence-corrected chi connectivity index (χ1v) is 6.59. The Bertz CT molecular complexity index is 572. The van der Waals surface area contributed by atoms with E-state index in [0.29, 0.717) is 16.4 Å².